The summed E-state index contributed by atoms with van der Waals surface area (Å²) in [5, 5.41) is 12.1. The fourth-order valence-corrected chi connectivity index (χ4v) is 3.57. The van der Waals surface area contributed by atoms with Crippen LogP contribution in [-0.2, 0) is 10.3 Å². The van der Waals surface area contributed by atoms with Crippen molar-refractivity contribution in [1.29, 1.82) is 0 Å². The van der Waals surface area contributed by atoms with Crippen molar-refractivity contribution in [2.24, 2.45) is 11.8 Å². The molecule has 0 aliphatic heterocycles. The van der Waals surface area contributed by atoms with Crippen molar-refractivity contribution in [3.63, 3.8) is 0 Å². The number of hydrogen-bond donors (Lipinski definition) is 1. The van der Waals surface area contributed by atoms with Crippen molar-refractivity contribution in [2.75, 3.05) is 32.8 Å². The van der Waals surface area contributed by atoms with Crippen LogP contribution in [0, 0.1) is 11.8 Å². The maximum atomic E-state index is 12.1. The minimum atomic E-state index is -1.10. The van der Waals surface area contributed by atoms with Crippen LogP contribution >= 0.6 is 12.4 Å². The Labute approximate surface area is 177 Å². The molecule has 2 aromatic carbocycles. The normalized spacial score (nSPS) is 12.8. The van der Waals surface area contributed by atoms with E-state index < -0.39 is 5.60 Å². The highest BCUT2D eigenvalue weighted by atomic mass is 35.5. The van der Waals surface area contributed by atoms with Gasteiger partial charge in [0.2, 0.25) is 0 Å². The fourth-order valence-electron chi connectivity index (χ4n) is 3.57. The Hall–Kier alpha value is -1.39. The first kappa shape index (κ1) is 24.6. The molecule has 28 heavy (non-hydrogen) atoms. The largest absolute Gasteiger partial charge is 0.381 e. The van der Waals surface area contributed by atoms with E-state index in [-0.39, 0.29) is 18.3 Å². The summed E-state index contributed by atoms with van der Waals surface area (Å²) in [5.74, 6) is 0.404. The van der Waals surface area contributed by atoms with Gasteiger partial charge in [0.25, 0.3) is 0 Å². The smallest absolute Gasteiger partial charge is 0.121 e. The van der Waals surface area contributed by atoms with Crippen LogP contribution in [0.15, 0.2) is 60.7 Å². The zero-order chi connectivity index (χ0) is 19.7. The molecule has 0 bridgehead atoms. The van der Waals surface area contributed by atoms with Crippen LogP contribution < -0.4 is 0 Å². The lowest BCUT2D eigenvalue weighted by Crippen LogP contribution is -2.46. The van der Waals surface area contributed by atoms with Crippen LogP contribution in [0.2, 0.25) is 0 Å². The van der Waals surface area contributed by atoms with Gasteiger partial charge in [0.1, 0.15) is 5.60 Å². The molecule has 0 fully saturated rings. The third-order valence-electron chi connectivity index (χ3n) is 5.16. The van der Waals surface area contributed by atoms with Gasteiger partial charge in [-0.25, -0.2) is 0 Å². The first-order valence-electron chi connectivity index (χ1n) is 10.2. The minimum Gasteiger partial charge on any atom is -0.381 e. The van der Waals surface area contributed by atoms with Crippen LogP contribution in [0.4, 0.5) is 0 Å². The highest BCUT2D eigenvalue weighted by Crippen LogP contribution is 2.37. The summed E-state index contributed by atoms with van der Waals surface area (Å²) in [7, 11) is 0. The molecule has 1 N–H and O–H groups in total. The first-order chi connectivity index (χ1) is 13.0. The molecule has 2 rings (SSSR count). The van der Waals surface area contributed by atoms with Gasteiger partial charge in [0.05, 0.1) is 6.61 Å². The summed E-state index contributed by atoms with van der Waals surface area (Å²) in [4.78, 5) is 2.36. The van der Waals surface area contributed by atoms with E-state index in [2.05, 4.69) is 32.6 Å². The SMILES string of the molecule is CCN(CC)CC(COCC(C)C)C(O)(c1ccccc1)c1ccccc1.Cl. The number of halogens is 1. The molecular formula is C24H36ClNO2. The van der Waals surface area contributed by atoms with Crippen LogP contribution in [0.5, 0.6) is 0 Å². The summed E-state index contributed by atoms with van der Waals surface area (Å²) in [6.45, 7) is 12.6. The van der Waals surface area contributed by atoms with Gasteiger partial charge < -0.3 is 14.7 Å². The molecular weight excluding hydrogens is 370 g/mol. The van der Waals surface area contributed by atoms with Crippen LogP contribution in [0.1, 0.15) is 38.8 Å². The van der Waals surface area contributed by atoms with E-state index in [1.54, 1.807) is 0 Å². The molecule has 0 saturated carbocycles. The second-order valence-corrected chi connectivity index (χ2v) is 7.61. The topological polar surface area (TPSA) is 32.7 Å². The molecule has 0 aromatic heterocycles. The molecule has 0 saturated heterocycles. The maximum absolute atomic E-state index is 12.1. The van der Waals surface area contributed by atoms with E-state index in [4.69, 9.17) is 4.74 Å². The second kappa shape index (κ2) is 12.2. The van der Waals surface area contributed by atoms with Crippen LogP contribution in [0.25, 0.3) is 0 Å². The monoisotopic (exact) mass is 405 g/mol. The van der Waals surface area contributed by atoms with E-state index in [1.807, 2.05) is 60.7 Å². The lowest BCUT2D eigenvalue weighted by Gasteiger charge is -2.39. The molecule has 4 heteroatoms. The van der Waals surface area contributed by atoms with Gasteiger partial charge in [0.15, 0.2) is 0 Å². The first-order valence-corrected chi connectivity index (χ1v) is 10.2. The average molecular weight is 406 g/mol. The second-order valence-electron chi connectivity index (χ2n) is 7.61. The standard InChI is InChI=1S/C24H35NO2.ClH/c1-5-25(6-2)17-23(19-27-18-20(3)4)24(26,21-13-9-7-10-14-21)22-15-11-8-12-16-22;/h7-16,20,23,26H,5-6,17-19H2,1-4H3;1H. The van der Waals surface area contributed by atoms with Crippen molar-refractivity contribution < 1.29 is 9.84 Å². The van der Waals surface area contributed by atoms with Gasteiger partial charge in [-0.15, -0.1) is 12.4 Å². The minimum absolute atomic E-state index is 0. The van der Waals surface area contributed by atoms with Gasteiger partial charge in [-0.1, -0.05) is 88.4 Å². The molecule has 156 valence electrons. The molecule has 0 heterocycles. The third kappa shape index (κ3) is 6.31. The highest BCUT2D eigenvalue weighted by Gasteiger charge is 2.40. The molecule has 0 aliphatic rings. The quantitative estimate of drug-likeness (QED) is 0.572. The number of hydrogen-bond acceptors (Lipinski definition) is 3. The Morgan fingerprint density at radius 2 is 1.32 bits per heavy atom. The van der Waals surface area contributed by atoms with E-state index in [0.717, 1.165) is 30.8 Å². The molecule has 0 amide bonds. The summed E-state index contributed by atoms with van der Waals surface area (Å²) in [5.41, 5.74) is 0.741. The number of nitrogens with zero attached hydrogens (tertiary/aromatic N) is 1. The van der Waals surface area contributed by atoms with E-state index in [1.165, 1.54) is 0 Å². The summed E-state index contributed by atoms with van der Waals surface area (Å²) in [6, 6.07) is 20.0. The molecule has 1 unspecified atom stereocenters. The number of rotatable bonds is 11. The Bertz CT molecular complexity index is 605. The average Bonchev–Trinajstić information content (AvgIpc) is 2.71. The van der Waals surface area contributed by atoms with Crippen molar-refractivity contribution in [2.45, 2.75) is 33.3 Å². The molecule has 0 aliphatic carbocycles. The zero-order valence-electron chi connectivity index (χ0n) is 17.7. The summed E-state index contributed by atoms with van der Waals surface area (Å²) in [6.07, 6.45) is 0. The fraction of sp³-hybridized carbons (Fsp3) is 0.500. The summed E-state index contributed by atoms with van der Waals surface area (Å²) < 4.78 is 6.05. The number of ether oxygens (including phenoxy) is 1. The Morgan fingerprint density at radius 1 is 0.857 bits per heavy atom. The summed E-state index contributed by atoms with van der Waals surface area (Å²) >= 11 is 0. The van der Waals surface area contributed by atoms with Crippen LogP contribution in [0.3, 0.4) is 0 Å². The van der Waals surface area contributed by atoms with Gasteiger partial charge >= 0.3 is 0 Å². The lowest BCUT2D eigenvalue weighted by molar-refractivity contribution is -0.0468. The molecule has 1 atom stereocenters. The van der Waals surface area contributed by atoms with Gasteiger partial charge in [-0.05, 0) is 30.1 Å². The number of aliphatic hydroxyl groups is 1. The van der Waals surface area contributed by atoms with Crippen molar-refractivity contribution >= 4 is 12.4 Å². The lowest BCUT2D eigenvalue weighted by atomic mass is 9.76. The van der Waals surface area contributed by atoms with E-state index in [0.29, 0.717) is 19.1 Å². The van der Waals surface area contributed by atoms with E-state index in [9.17, 15) is 5.11 Å². The Morgan fingerprint density at radius 3 is 1.71 bits per heavy atom. The molecule has 0 spiro atoms. The van der Waals surface area contributed by atoms with Crippen molar-refractivity contribution in [1.82, 2.24) is 4.90 Å². The van der Waals surface area contributed by atoms with Crippen molar-refractivity contribution in [3.8, 4) is 0 Å². The predicted octanol–water partition coefficient (Wildman–Crippen LogP) is 4.97. The van der Waals surface area contributed by atoms with Gasteiger partial charge in [0, 0.05) is 19.1 Å². The molecule has 2 aromatic rings. The van der Waals surface area contributed by atoms with Gasteiger partial charge in [-0.3, -0.25) is 0 Å². The maximum Gasteiger partial charge on any atom is 0.121 e. The Kier molecular flexibility index (Phi) is 10.8. The Balaban J connectivity index is 0.00000392. The highest BCUT2D eigenvalue weighted by molar-refractivity contribution is 5.85. The number of benzene rings is 2. The predicted molar refractivity (Wildman–Crippen MR) is 120 cm³/mol. The van der Waals surface area contributed by atoms with E-state index >= 15 is 0 Å². The molecule has 3 nitrogen and oxygen atoms in total. The third-order valence-corrected chi connectivity index (χ3v) is 5.16. The zero-order valence-corrected chi connectivity index (χ0v) is 18.5. The molecule has 0 radical (unpaired) electrons. The van der Waals surface area contributed by atoms with Crippen LogP contribution in [-0.4, -0.2) is 42.9 Å². The van der Waals surface area contributed by atoms with Gasteiger partial charge in [-0.2, -0.15) is 0 Å². The van der Waals surface area contributed by atoms with Crippen molar-refractivity contribution in [3.05, 3.63) is 71.8 Å².